The van der Waals surface area contributed by atoms with Crippen LogP contribution in [-0.2, 0) is 11.3 Å². The number of nitrogens with zero attached hydrogens (tertiary/aromatic N) is 1. The summed E-state index contributed by atoms with van der Waals surface area (Å²) < 4.78 is 5.22. The van der Waals surface area contributed by atoms with Gasteiger partial charge in [0.15, 0.2) is 0 Å². The van der Waals surface area contributed by atoms with E-state index in [9.17, 15) is 4.79 Å². The molecule has 5 heteroatoms. The largest absolute Gasteiger partial charge is 0.497 e. The molecule has 0 aliphatic carbocycles. The Hall–Kier alpha value is -2.79. The van der Waals surface area contributed by atoms with Crippen molar-refractivity contribution < 1.29 is 9.53 Å². The molecule has 0 atom stereocenters. The van der Waals surface area contributed by atoms with Crippen molar-refractivity contribution in [3.8, 4) is 5.75 Å². The fourth-order valence-electron chi connectivity index (χ4n) is 2.52. The summed E-state index contributed by atoms with van der Waals surface area (Å²) in [5.41, 5.74) is 1.79. The maximum atomic E-state index is 12.5. The minimum atomic E-state index is -0.0430. The molecule has 1 heterocycles. The first-order valence-corrected chi connectivity index (χ1v) is 8.89. The molecule has 0 spiro atoms. The summed E-state index contributed by atoms with van der Waals surface area (Å²) >= 11 is 1.69. The monoisotopic (exact) mass is 352 g/mol. The summed E-state index contributed by atoms with van der Waals surface area (Å²) in [6.07, 6.45) is 0. The second kappa shape index (κ2) is 8.35. The molecule has 3 aromatic rings. The van der Waals surface area contributed by atoms with Crippen molar-refractivity contribution in [3.05, 3.63) is 77.0 Å². The van der Waals surface area contributed by atoms with Crippen molar-refractivity contribution in [1.29, 1.82) is 0 Å². The minimum Gasteiger partial charge on any atom is -0.497 e. The first kappa shape index (κ1) is 17.0. The summed E-state index contributed by atoms with van der Waals surface area (Å²) in [5.74, 6) is 0.757. The van der Waals surface area contributed by atoms with Crippen molar-refractivity contribution in [3.63, 3.8) is 0 Å². The maximum Gasteiger partial charge on any atom is 0.243 e. The maximum absolute atomic E-state index is 12.5. The number of thiophene rings is 1. The van der Waals surface area contributed by atoms with Crippen LogP contribution in [0.2, 0.25) is 0 Å². The average Bonchev–Trinajstić information content (AvgIpc) is 3.15. The normalized spacial score (nSPS) is 10.3. The number of para-hydroxylation sites is 1. The van der Waals surface area contributed by atoms with Gasteiger partial charge in [0.1, 0.15) is 5.75 Å². The van der Waals surface area contributed by atoms with Crippen LogP contribution in [0.5, 0.6) is 5.75 Å². The fraction of sp³-hybridized carbons (Fsp3) is 0.150. The standard InChI is InChI=1S/C20H20N2O2S/c1-24-18-11-9-17(10-12-18)22(14-19-8-5-13-25-19)15-20(23)21-16-6-3-2-4-7-16/h2-13H,14-15H2,1H3,(H,21,23). The van der Waals surface area contributed by atoms with E-state index in [0.717, 1.165) is 17.1 Å². The van der Waals surface area contributed by atoms with Crippen LogP contribution >= 0.6 is 11.3 Å². The van der Waals surface area contributed by atoms with E-state index in [2.05, 4.69) is 16.3 Å². The Bertz CT molecular complexity index is 786. The zero-order chi connectivity index (χ0) is 17.5. The Balaban J connectivity index is 1.74. The van der Waals surface area contributed by atoms with E-state index in [1.54, 1.807) is 18.4 Å². The fourth-order valence-corrected chi connectivity index (χ4v) is 3.24. The zero-order valence-corrected chi connectivity index (χ0v) is 14.8. The topological polar surface area (TPSA) is 41.6 Å². The van der Waals surface area contributed by atoms with E-state index in [1.807, 2.05) is 66.0 Å². The predicted molar refractivity (Wildman–Crippen MR) is 103 cm³/mol. The third kappa shape index (κ3) is 4.84. The molecular weight excluding hydrogens is 332 g/mol. The molecule has 0 radical (unpaired) electrons. The molecule has 0 fully saturated rings. The van der Waals surface area contributed by atoms with Gasteiger partial charge in [-0.15, -0.1) is 11.3 Å². The van der Waals surface area contributed by atoms with Crippen molar-refractivity contribution in [2.24, 2.45) is 0 Å². The molecule has 0 aliphatic rings. The predicted octanol–water partition coefficient (Wildman–Crippen LogP) is 4.40. The second-order valence-corrected chi connectivity index (χ2v) is 6.58. The Kier molecular flexibility index (Phi) is 5.69. The van der Waals surface area contributed by atoms with E-state index in [0.29, 0.717) is 6.54 Å². The molecular formula is C20H20N2O2S. The molecule has 0 saturated heterocycles. The molecule has 1 amide bonds. The van der Waals surface area contributed by atoms with Gasteiger partial charge in [-0.1, -0.05) is 24.3 Å². The molecule has 3 rings (SSSR count). The van der Waals surface area contributed by atoms with Crippen molar-refractivity contribution in [2.45, 2.75) is 6.54 Å². The quantitative estimate of drug-likeness (QED) is 0.685. The lowest BCUT2D eigenvalue weighted by molar-refractivity contribution is -0.115. The molecule has 0 aliphatic heterocycles. The number of amides is 1. The molecule has 0 saturated carbocycles. The van der Waals surface area contributed by atoms with Crippen molar-refractivity contribution >= 4 is 28.6 Å². The summed E-state index contributed by atoms with van der Waals surface area (Å²) in [6.45, 7) is 0.964. The third-order valence-electron chi connectivity index (χ3n) is 3.76. The third-order valence-corrected chi connectivity index (χ3v) is 4.62. The Morgan fingerprint density at radius 3 is 2.44 bits per heavy atom. The van der Waals surface area contributed by atoms with Gasteiger partial charge in [0.05, 0.1) is 20.2 Å². The number of hydrogen-bond acceptors (Lipinski definition) is 4. The lowest BCUT2D eigenvalue weighted by atomic mass is 10.2. The van der Waals surface area contributed by atoms with Crippen molar-refractivity contribution in [1.82, 2.24) is 0 Å². The van der Waals surface area contributed by atoms with Gasteiger partial charge in [0.25, 0.3) is 0 Å². The number of rotatable bonds is 7. The van der Waals surface area contributed by atoms with Gasteiger partial charge in [-0.2, -0.15) is 0 Å². The Morgan fingerprint density at radius 2 is 1.80 bits per heavy atom. The molecule has 0 bridgehead atoms. The molecule has 25 heavy (non-hydrogen) atoms. The molecule has 2 aromatic carbocycles. The zero-order valence-electron chi connectivity index (χ0n) is 14.0. The molecule has 128 valence electrons. The van der Waals surface area contributed by atoms with Crippen LogP contribution in [0.4, 0.5) is 11.4 Å². The highest BCUT2D eigenvalue weighted by Crippen LogP contribution is 2.22. The number of benzene rings is 2. The van der Waals surface area contributed by atoms with E-state index >= 15 is 0 Å². The summed E-state index contributed by atoms with van der Waals surface area (Å²) in [4.78, 5) is 15.7. The smallest absolute Gasteiger partial charge is 0.243 e. The average molecular weight is 352 g/mol. The van der Waals surface area contributed by atoms with Crippen LogP contribution in [0.25, 0.3) is 0 Å². The van der Waals surface area contributed by atoms with E-state index < -0.39 is 0 Å². The van der Waals surface area contributed by atoms with Gasteiger partial charge < -0.3 is 15.0 Å². The number of ether oxygens (including phenoxy) is 1. The van der Waals surface area contributed by atoms with Gasteiger partial charge >= 0.3 is 0 Å². The molecule has 0 unspecified atom stereocenters. The number of hydrogen-bond donors (Lipinski definition) is 1. The van der Waals surface area contributed by atoms with Crippen LogP contribution in [0.1, 0.15) is 4.88 Å². The highest BCUT2D eigenvalue weighted by Gasteiger charge is 2.13. The first-order valence-electron chi connectivity index (χ1n) is 8.01. The van der Waals surface area contributed by atoms with Gasteiger partial charge in [0, 0.05) is 16.3 Å². The summed E-state index contributed by atoms with van der Waals surface area (Å²) in [5, 5.41) is 4.99. The van der Waals surface area contributed by atoms with Gasteiger partial charge in [-0.05, 0) is 47.8 Å². The number of carbonyl (C=O) groups excluding carboxylic acids is 1. The Morgan fingerprint density at radius 1 is 1.04 bits per heavy atom. The van der Waals surface area contributed by atoms with E-state index in [4.69, 9.17) is 4.74 Å². The summed E-state index contributed by atoms with van der Waals surface area (Å²) in [7, 11) is 1.64. The number of carbonyl (C=O) groups is 1. The minimum absolute atomic E-state index is 0.0430. The van der Waals surface area contributed by atoms with Gasteiger partial charge in [0.2, 0.25) is 5.91 Å². The number of methoxy groups -OCH3 is 1. The van der Waals surface area contributed by atoms with E-state index in [1.165, 1.54) is 4.88 Å². The number of nitrogens with one attached hydrogen (secondary N) is 1. The Labute approximate surface area is 151 Å². The van der Waals surface area contributed by atoms with Crippen LogP contribution in [0, 0.1) is 0 Å². The van der Waals surface area contributed by atoms with Gasteiger partial charge in [-0.25, -0.2) is 0 Å². The van der Waals surface area contributed by atoms with Crippen LogP contribution in [0.15, 0.2) is 72.1 Å². The SMILES string of the molecule is COc1ccc(N(CC(=O)Nc2ccccc2)Cc2cccs2)cc1. The van der Waals surface area contributed by atoms with Crippen LogP contribution in [-0.4, -0.2) is 19.6 Å². The highest BCUT2D eigenvalue weighted by molar-refractivity contribution is 7.09. The highest BCUT2D eigenvalue weighted by atomic mass is 32.1. The lowest BCUT2D eigenvalue weighted by Crippen LogP contribution is -2.32. The van der Waals surface area contributed by atoms with Crippen LogP contribution < -0.4 is 15.0 Å². The lowest BCUT2D eigenvalue weighted by Gasteiger charge is -2.24. The van der Waals surface area contributed by atoms with Crippen LogP contribution in [0.3, 0.4) is 0 Å². The molecule has 1 N–H and O–H groups in total. The number of anilines is 2. The van der Waals surface area contributed by atoms with Gasteiger partial charge in [-0.3, -0.25) is 4.79 Å². The van der Waals surface area contributed by atoms with Crippen molar-refractivity contribution in [2.75, 3.05) is 23.9 Å². The summed E-state index contributed by atoms with van der Waals surface area (Å²) in [6, 6.07) is 21.4. The first-order chi connectivity index (χ1) is 12.2. The second-order valence-electron chi connectivity index (χ2n) is 5.55. The van der Waals surface area contributed by atoms with E-state index in [-0.39, 0.29) is 12.5 Å². The molecule has 1 aromatic heterocycles. The molecule has 4 nitrogen and oxygen atoms in total.